The smallest absolute Gasteiger partial charge is 0.260 e. The maximum Gasteiger partial charge on any atom is 0.260 e. The largest absolute Gasteiger partial charge is 0.508 e. The number of phenolic OH excluding ortho intramolecular Hbond substituents is 1. The maximum atomic E-state index is 15.1. The summed E-state index contributed by atoms with van der Waals surface area (Å²) in [5.74, 6) is -5.37. The Morgan fingerprint density at radius 2 is 1.70 bits per heavy atom. The zero-order valence-electron chi connectivity index (χ0n) is 25.1. The Bertz CT molecular complexity index is 1810. The van der Waals surface area contributed by atoms with Gasteiger partial charge < -0.3 is 9.84 Å². The molecule has 11 heteroatoms. The first kappa shape index (κ1) is 30.0. The van der Waals surface area contributed by atoms with Crippen LogP contribution in [0.15, 0.2) is 78.4 Å². The molecule has 0 spiro atoms. The Kier molecular flexibility index (Phi) is 7.15. The zero-order chi connectivity index (χ0) is 32.5. The number of halogens is 2. The van der Waals surface area contributed by atoms with Gasteiger partial charge in [0.1, 0.15) is 17.3 Å². The summed E-state index contributed by atoms with van der Waals surface area (Å²) in [7, 11) is 1.46. The third-order valence-electron chi connectivity index (χ3n) is 10.2. The summed E-state index contributed by atoms with van der Waals surface area (Å²) in [5, 5.41) is 11.8. The van der Waals surface area contributed by atoms with Gasteiger partial charge in [-0.1, -0.05) is 41.4 Å². The molecule has 0 aromatic heterocycles. The lowest BCUT2D eigenvalue weighted by Crippen LogP contribution is -2.53. The number of nitrogens with one attached hydrogen (secondary N) is 1. The van der Waals surface area contributed by atoms with E-state index in [1.807, 2.05) is 6.08 Å². The number of carbonyl (C=O) groups excluding carboxylic acids is 4. The molecule has 236 valence electrons. The Morgan fingerprint density at radius 3 is 2.37 bits per heavy atom. The topological polar surface area (TPSA) is 116 Å². The van der Waals surface area contributed by atoms with Crippen molar-refractivity contribution in [2.45, 2.75) is 31.1 Å². The summed E-state index contributed by atoms with van der Waals surface area (Å²) < 4.78 is 19.5. The van der Waals surface area contributed by atoms with E-state index >= 15 is 4.79 Å². The van der Waals surface area contributed by atoms with Crippen LogP contribution in [-0.2, 0) is 24.6 Å². The van der Waals surface area contributed by atoms with E-state index in [2.05, 4.69) is 5.43 Å². The number of aromatic hydroxyl groups is 1. The maximum absolute atomic E-state index is 15.1. The predicted molar refractivity (Wildman–Crippen MR) is 166 cm³/mol. The summed E-state index contributed by atoms with van der Waals surface area (Å²) in [6.45, 7) is 2.00. The molecule has 3 aromatic carbocycles. The number of fused-ring (bicyclic) bond motifs is 4. The van der Waals surface area contributed by atoms with Crippen molar-refractivity contribution in [3.8, 4) is 11.5 Å². The van der Waals surface area contributed by atoms with E-state index in [4.69, 9.17) is 16.3 Å². The first-order valence-electron chi connectivity index (χ1n) is 15.2. The van der Waals surface area contributed by atoms with Crippen molar-refractivity contribution in [2.24, 2.45) is 23.7 Å². The van der Waals surface area contributed by atoms with Gasteiger partial charge in [0, 0.05) is 29.1 Å². The number of anilines is 1. The first-order chi connectivity index (χ1) is 22.1. The molecule has 2 aliphatic carbocycles. The SMILES string of the molecule is CCN1C(=O)C2CC=C3C(CC4C(=O)N(Nc5ccc(F)cc5)C(=O)C4(c4ccc(Cl)cc4)C3c3ccc(O)cc3OC)C2C1=O. The van der Waals surface area contributed by atoms with Gasteiger partial charge in [0.05, 0.1) is 36.0 Å². The second-order valence-electron chi connectivity index (χ2n) is 12.2. The Morgan fingerprint density at radius 1 is 0.978 bits per heavy atom. The fourth-order valence-electron chi connectivity index (χ4n) is 8.31. The molecule has 0 radical (unpaired) electrons. The van der Waals surface area contributed by atoms with Crippen molar-refractivity contribution in [1.82, 2.24) is 9.91 Å². The van der Waals surface area contributed by atoms with Gasteiger partial charge >= 0.3 is 0 Å². The van der Waals surface area contributed by atoms with Gasteiger partial charge in [-0.25, -0.2) is 4.39 Å². The highest BCUT2D eigenvalue weighted by molar-refractivity contribution is 6.30. The number of rotatable bonds is 6. The summed E-state index contributed by atoms with van der Waals surface area (Å²) in [6.07, 6.45) is 2.39. The highest BCUT2D eigenvalue weighted by Crippen LogP contribution is 2.65. The van der Waals surface area contributed by atoms with E-state index in [1.54, 1.807) is 37.3 Å². The van der Waals surface area contributed by atoms with Crippen LogP contribution in [0.3, 0.4) is 0 Å². The predicted octanol–water partition coefficient (Wildman–Crippen LogP) is 5.20. The van der Waals surface area contributed by atoms with Crippen molar-refractivity contribution in [2.75, 3.05) is 19.1 Å². The number of amides is 4. The number of hydrazine groups is 1. The molecule has 3 fully saturated rings. The molecule has 0 bridgehead atoms. The molecule has 3 aromatic rings. The van der Waals surface area contributed by atoms with E-state index in [9.17, 15) is 23.9 Å². The van der Waals surface area contributed by atoms with Gasteiger partial charge in [-0.15, -0.1) is 0 Å². The molecular formula is C35H31ClFN3O6. The number of methoxy groups -OCH3 is 1. The van der Waals surface area contributed by atoms with E-state index in [-0.39, 0.29) is 30.5 Å². The minimum atomic E-state index is -1.54. The highest BCUT2D eigenvalue weighted by atomic mass is 35.5. The molecule has 2 saturated heterocycles. The van der Waals surface area contributed by atoms with Crippen LogP contribution < -0.4 is 10.2 Å². The number of carbonyl (C=O) groups is 4. The minimum Gasteiger partial charge on any atom is -0.508 e. The monoisotopic (exact) mass is 643 g/mol. The van der Waals surface area contributed by atoms with Gasteiger partial charge in [-0.3, -0.25) is 29.5 Å². The van der Waals surface area contributed by atoms with Crippen molar-refractivity contribution in [3.05, 3.63) is 100 Å². The van der Waals surface area contributed by atoms with Crippen LogP contribution in [0.1, 0.15) is 36.8 Å². The number of allylic oxidation sites excluding steroid dienone is 2. The number of benzene rings is 3. The molecule has 6 atom stereocenters. The number of imide groups is 2. The van der Waals surface area contributed by atoms with E-state index in [0.29, 0.717) is 34.0 Å². The van der Waals surface area contributed by atoms with Crippen molar-refractivity contribution in [1.29, 1.82) is 0 Å². The Balaban J connectivity index is 1.49. The third-order valence-corrected chi connectivity index (χ3v) is 10.4. The molecular weight excluding hydrogens is 613 g/mol. The fraction of sp³-hybridized carbons (Fsp3) is 0.314. The molecule has 1 saturated carbocycles. The molecule has 9 nitrogen and oxygen atoms in total. The van der Waals surface area contributed by atoms with Crippen LogP contribution in [-0.4, -0.2) is 52.3 Å². The quantitative estimate of drug-likeness (QED) is 0.280. The van der Waals surface area contributed by atoms with Crippen LogP contribution >= 0.6 is 11.6 Å². The lowest BCUT2D eigenvalue weighted by atomic mass is 9.49. The van der Waals surface area contributed by atoms with Gasteiger partial charge in [0.25, 0.3) is 11.8 Å². The Labute approximate surface area is 269 Å². The van der Waals surface area contributed by atoms with Crippen molar-refractivity contribution < 1.29 is 33.4 Å². The van der Waals surface area contributed by atoms with Crippen molar-refractivity contribution in [3.63, 3.8) is 0 Å². The molecule has 2 N–H and O–H groups in total. The molecule has 4 aliphatic rings. The second-order valence-corrected chi connectivity index (χ2v) is 12.7. The van der Waals surface area contributed by atoms with Gasteiger partial charge in [-0.05, 0) is 73.7 Å². The Hall–Kier alpha value is -4.70. The molecule has 7 rings (SSSR count). The van der Waals surface area contributed by atoms with Crippen LogP contribution in [0.5, 0.6) is 11.5 Å². The zero-order valence-corrected chi connectivity index (χ0v) is 25.8. The number of phenols is 1. The fourth-order valence-corrected chi connectivity index (χ4v) is 8.44. The third kappa shape index (κ3) is 4.19. The van der Waals surface area contributed by atoms with Gasteiger partial charge in [0.15, 0.2) is 0 Å². The molecule has 2 heterocycles. The lowest BCUT2D eigenvalue weighted by molar-refractivity contribution is -0.141. The van der Waals surface area contributed by atoms with E-state index in [1.165, 1.54) is 48.4 Å². The standard InChI is InChI=1S/C35H31ClFN3O6/c1-3-39-31(42)25-15-14-23-26(29(25)33(39)44)17-27-32(43)40(38-21-10-8-20(37)9-11-21)34(45)35(27,18-4-6-19(36)7-5-18)30(23)24-13-12-22(41)16-28(24)46-2/h4-14,16,25-27,29-30,38,41H,3,15,17H2,1-2H3. The number of nitrogens with zero attached hydrogens (tertiary/aromatic N) is 2. The molecule has 2 aliphatic heterocycles. The van der Waals surface area contributed by atoms with Crippen molar-refractivity contribution >= 4 is 40.9 Å². The highest BCUT2D eigenvalue weighted by Gasteiger charge is 2.70. The normalized spacial score (nSPS) is 28.5. The van der Waals surface area contributed by atoms with E-state index in [0.717, 1.165) is 10.6 Å². The second kappa shape index (κ2) is 11.0. The first-order valence-corrected chi connectivity index (χ1v) is 15.6. The average Bonchev–Trinajstić information content (AvgIpc) is 3.43. The lowest BCUT2D eigenvalue weighted by Gasteiger charge is -2.50. The summed E-state index contributed by atoms with van der Waals surface area (Å²) in [6, 6.07) is 16.7. The molecule has 46 heavy (non-hydrogen) atoms. The number of ether oxygens (including phenoxy) is 1. The molecule has 6 unspecified atom stereocenters. The van der Waals surface area contributed by atoms with Crippen LogP contribution in [0, 0.1) is 29.5 Å². The number of hydrogen-bond donors (Lipinski definition) is 2. The summed E-state index contributed by atoms with van der Waals surface area (Å²) in [4.78, 5) is 58.1. The number of likely N-dealkylation sites (tertiary alicyclic amines) is 1. The molecule has 4 amide bonds. The van der Waals surface area contributed by atoms with Crippen LogP contribution in [0.25, 0.3) is 0 Å². The number of hydrogen-bond acceptors (Lipinski definition) is 7. The van der Waals surface area contributed by atoms with Crippen LogP contribution in [0.4, 0.5) is 10.1 Å². The van der Waals surface area contributed by atoms with Crippen LogP contribution in [0.2, 0.25) is 5.02 Å². The van der Waals surface area contributed by atoms with E-state index < -0.39 is 52.6 Å². The van der Waals surface area contributed by atoms with Gasteiger partial charge in [-0.2, -0.15) is 5.01 Å². The summed E-state index contributed by atoms with van der Waals surface area (Å²) in [5.41, 5.74) is 3.56. The average molecular weight is 644 g/mol. The van der Waals surface area contributed by atoms with Gasteiger partial charge in [0.2, 0.25) is 11.8 Å². The minimum absolute atomic E-state index is 0.0497. The summed E-state index contributed by atoms with van der Waals surface area (Å²) >= 11 is 6.31.